The van der Waals surface area contributed by atoms with Crippen molar-refractivity contribution in [1.82, 2.24) is 9.88 Å². The highest BCUT2D eigenvalue weighted by Crippen LogP contribution is 2.30. The van der Waals surface area contributed by atoms with Crippen molar-refractivity contribution < 1.29 is 14.3 Å². The van der Waals surface area contributed by atoms with Gasteiger partial charge in [-0.15, -0.1) is 0 Å². The Morgan fingerprint density at radius 2 is 2.17 bits per heavy atom. The van der Waals surface area contributed by atoms with Gasteiger partial charge >= 0.3 is 0 Å². The molecule has 1 amide bonds. The summed E-state index contributed by atoms with van der Waals surface area (Å²) in [4.78, 5) is 19.5. The molecular weight excluding hydrogens is 370 g/mol. The lowest BCUT2D eigenvalue weighted by Crippen LogP contribution is -2.35. The number of benzene rings is 1. The summed E-state index contributed by atoms with van der Waals surface area (Å²) in [5, 5.41) is 21.1. The average Bonchev–Trinajstić information content (AvgIpc) is 3.43. The summed E-state index contributed by atoms with van der Waals surface area (Å²) in [6.07, 6.45) is 4.81. The Morgan fingerprint density at radius 1 is 1.45 bits per heavy atom. The zero-order chi connectivity index (χ0) is 21.0. The predicted molar refractivity (Wildman–Crippen MR) is 112 cm³/mol. The number of hydrogen-bond donors (Lipinski definition) is 3. The van der Waals surface area contributed by atoms with Crippen LogP contribution in [0.25, 0.3) is 0 Å². The SMILES string of the molecule is Cc1oc(CCN(C(=O)c2ccccc2N/N=C\C=N)C2CC2)nc1C(C)(C)O. The van der Waals surface area contributed by atoms with Crippen molar-refractivity contribution >= 4 is 24.0 Å². The van der Waals surface area contributed by atoms with E-state index in [0.29, 0.717) is 41.6 Å². The Kier molecular flexibility index (Phi) is 6.12. The molecule has 0 unspecified atom stereocenters. The number of carbonyl (C=O) groups is 1. The molecule has 1 heterocycles. The molecular formula is C21H27N5O3. The van der Waals surface area contributed by atoms with Crippen LogP contribution in [0.3, 0.4) is 0 Å². The number of aromatic nitrogens is 1. The maximum absolute atomic E-state index is 13.2. The molecule has 1 aliphatic carbocycles. The van der Waals surface area contributed by atoms with Crippen molar-refractivity contribution in [2.45, 2.75) is 51.7 Å². The summed E-state index contributed by atoms with van der Waals surface area (Å²) in [7, 11) is 0. The number of oxazole rings is 1. The number of para-hydroxylation sites is 1. The van der Waals surface area contributed by atoms with Crippen LogP contribution in [-0.4, -0.2) is 45.9 Å². The Labute approximate surface area is 170 Å². The quantitative estimate of drug-likeness (QED) is 0.444. The number of rotatable bonds is 9. The van der Waals surface area contributed by atoms with Crippen LogP contribution in [0.2, 0.25) is 0 Å². The number of nitrogens with one attached hydrogen (secondary N) is 2. The first kappa shape index (κ1) is 20.7. The van der Waals surface area contributed by atoms with Crippen LogP contribution < -0.4 is 5.43 Å². The molecule has 1 saturated carbocycles. The minimum atomic E-state index is -1.07. The van der Waals surface area contributed by atoms with Crippen LogP contribution in [0.1, 0.15) is 54.4 Å². The van der Waals surface area contributed by atoms with E-state index in [0.717, 1.165) is 19.1 Å². The molecule has 0 atom stereocenters. The third kappa shape index (κ3) is 5.08. The van der Waals surface area contributed by atoms with Gasteiger partial charge in [-0.25, -0.2) is 4.98 Å². The minimum Gasteiger partial charge on any atom is -0.446 e. The summed E-state index contributed by atoms with van der Waals surface area (Å²) in [6, 6.07) is 7.41. The van der Waals surface area contributed by atoms with E-state index in [4.69, 9.17) is 9.83 Å². The number of hydrazone groups is 1. The van der Waals surface area contributed by atoms with E-state index in [-0.39, 0.29) is 11.9 Å². The van der Waals surface area contributed by atoms with Gasteiger partial charge in [0.1, 0.15) is 17.1 Å². The van der Waals surface area contributed by atoms with Gasteiger partial charge in [0.05, 0.1) is 17.5 Å². The van der Waals surface area contributed by atoms with Crippen molar-refractivity contribution in [2.24, 2.45) is 5.10 Å². The highest BCUT2D eigenvalue weighted by Gasteiger charge is 2.34. The molecule has 8 nitrogen and oxygen atoms in total. The largest absolute Gasteiger partial charge is 0.446 e. The first-order valence-electron chi connectivity index (χ1n) is 9.68. The predicted octanol–water partition coefficient (Wildman–Crippen LogP) is 3.10. The number of carbonyl (C=O) groups excluding carboxylic acids is 1. The van der Waals surface area contributed by atoms with Gasteiger partial charge in [0, 0.05) is 25.2 Å². The number of anilines is 1. The molecule has 1 aromatic heterocycles. The third-order valence-electron chi connectivity index (χ3n) is 4.73. The minimum absolute atomic E-state index is 0.0772. The molecule has 1 aromatic carbocycles. The Morgan fingerprint density at radius 3 is 2.79 bits per heavy atom. The van der Waals surface area contributed by atoms with Gasteiger partial charge in [0.25, 0.3) is 5.91 Å². The van der Waals surface area contributed by atoms with E-state index < -0.39 is 5.60 Å². The molecule has 0 saturated heterocycles. The number of aryl methyl sites for hydroxylation is 1. The Balaban J connectivity index is 1.75. The maximum Gasteiger partial charge on any atom is 0.256 e. The summed E-state index contributed by atoms with van der Waals surface area (Å²) < 4.78 is 5.70. The standard InChI is InChI=1S/C21H27N5O3/c1-14-19(21(2,3)28)24-18(29-14)10-13-26(15-8-9-15)20(27)16-6-4-5-7-17(16)25-23-12-11-22/h4-7,11-12,15,22,25,28H,8-10,13H2,1-3H3/b22-11?,23-12-. The zero-order valence-electron chi connectivity index (χ0n) is 17.0. The van der Waals surface area contributed by atoms with E-state index in [2.05, 4.69) is 15.5 Å². The van der Waals surface area contributed by atoms with E-state index >= 15 is 0 Å². The van der Waals surface area contributed by atoms with Crippen molar-refractivity contribution in [3.8, 4) is 0 Å². The topological polar surface area (TPSA) is 115 Å². The van der Waals surface area contributed by atoms with Crippen molar-refractivity contribution in [1.29, 1.82) is 5.41 Å². The smallest absolute Gasteiger partial charge is 0.256 e. The number of amides is 1. The van der Waals surface area contributed by atoms with Gasteiger partial charge in [-0.1, -0.05) is 12.1 Å². The first-order valence-corrected chi connectivity index (χ1v) is 9.68. The monoisotopic (exact) mass is 397 g/mol. The molecule has 3 N–H and O–H groups in total. The molecule has 0 aliphatic heterocycles. The lowest BCUT2D eigenvalue weighted by atomic mass is 10.0. The maximum atomic E-state index is 13.2. The summed E-state index contributed by atoms with van der Waals surface area (Å²) in [6.45, 7) is 5.61. The fraction of sp³-hybridized carbons (Fsp3) is 0.429. The van der Waals surface area contributed by atoms with Gasteiger partial charge in [-0.3, -0.25) is 10.2 Å². The van der Waals surface area contributed by atoms with Crippen molar-refractivity contribution in [3.05, 3.63) is 47.2 Å². The lowest BCUT2D eigenvalue weighted by molar-refractivity contribution is 0.0722. The van der Waals surface area contributed by atoms with Crippen molar-refractivity contribution in [2.75, 3.05) is 12.0 Å². The van der Waals surface area contributed by atoms with Gasteiger partial charge in [-0.2, -0.15) is 5.10 Å². The highest BCUT2D eigenvalue weighted by atomic mass is 16.4. The Bertz CT molecular complexity index is 909. The Hall–Kier alpha value is -3.00. The van der Waals surface area contributed by atoms with E-state index in [9.17, 15) is 9.90 Å². The van der Waals surface area contributed by atoms with Crippen LogP contribution in [0.4, 0.5) is 5.69 Å². The van der Waals surface area contributed by atoms with Crippen LogP contribution in [0.5, 0.6) is 0 Å². The van der Waals surface area contributed by atoms with Gasteiger partial charge in [-0.05, 0) is 45.7 Å². The normalized spacial score (nSPS) is 14.2. The molecule has 8 heteroatoms. The van der Waals surface area contributed by atoms with Gasteiger partial charge < -0.3 is 19.8 Å². The van der Waals surface area contributed by atoms with Crippen LogP contribution in [-0.2, 0) is 12.0 Å². The second-order valence-electron chi connectivity index (χ2n) is 7.65. The highest BCUT2D eigenvalue weighted by molar-refractivity contribution is 6.14. The first-order chi connectivity index (χ1) is 13.8. The van der Waals surface area contributed by atoms with Gasteiger partial charge in [0.2, 0.25) is 0 Å². The molecule has 0 bridgehead atoms. The van der Waals surface area contributed by atoms with Crippen LogP contribution in [0.15, 0.2) is 33.8 Å². The number of hydrogen-bond acceptors (Lipinski definition) is 7. The summed E-state index contributed by atoms with van der Waals surface area (Å²) in [5.41, 5.74) is 3.40. The average molecular weight is 397 g/mol. The molecule has 29 heavy (non-hydrogen) atoms. The van der Waals surface area contributed by atoms with E-state index in [1.165, 1.54) is 6.21 Å². The lowest BCUT2D eigenvalue weighted by Gasteiger charge is -2.23. The van der Waals surface area contributed by atoms with E-state index in [1.807, 2.05) is 17.0 Å². The molecule has 154 valence electrons. The molecule has 1 fully saturated rings. The molecule has 0 spiro atoms. The molecule has 1 aliphatic rings. The molecule has 0 radical (unpaired) electrons. The van der Waals surface area contributed by atoms with Crippen molar-refractivity contribution in [3.63, 3.8) is 0 Å². The number of aliphatic hydroxyl groups is 1. The molecule has 2 aromatic rings. The van der Waals surface area contributed by atoms with Gasteiger partial charge in [0.15, 0.2) is 5.89 Å². The fourth-order valence-corrected chi connectivity index (χ4v) is 3.24. The second-order valence-corrected chi connectivity index (χ2v) is 7.65. The fourth-order valence-electron chi connectivity index (χ4n) is 3.24. The number of nitrogens with zero attached hydrogens (tertiary/aromatic N) is 3. The van der Waals surface area contributed by atoms with Crippen LogP contribution >= 0.6 is 0 Å². The van der Waals surface area contributed by atoms with Crippen LogP contribution in [0, 0.1) is 12.3 Å². The summed E-state index contributed by atoms with van der Waals surface area (Å²) >= 11 is 0. The molecule has 3 rings (SSSR count). The summed E-state index contributed by atoms with van der Waals surface area (Å²) in [5.74, 6) is 1.03. The van der Waals surface area contributed by atoms with E-state index in [1.54, 1.807) is 32.9 Å². The zero-order valence-corrected chi connectivity index (χ0v) is 17.0. The third-order valence-corrected chi connectivity index (χ3v) is 4.73. The second kappa shape index (κ2) is 8.57.